The Balaban J connectivity index is 1.21. The van der Waals surface area contributed by atoms with Crippen molar-refractivity contribution in [3.05, 3.63) is 113 Å². The standard InChI is InChI=1S/C31H26F3N3O2/c32-24-13-10-20(15-26(24)34)19-39-31-9-3-7-27(36-31)22-12-11-21(25(33)16-22)17-30-35-28-6-1-2-8-29(28)37(30)18-23-5-4-14-38-23/h1-3,6-13,15-16,23H,4-5,14,17-19H2. The monoisotopic (exact) mass is 529 g/mol. The maximum absolute atomic E-state index is 15.4. The Kier molecular flexibility index (Phi) is 7.02. The molecule has 8 heteroatoms. The largest absolute Gasteiger partial charge is 0.473 e. The van der Waals surface area contributed by atoms with Gasteiger partial charge in [0.15, 0.2) is 11.6 Å². The van der Waals surface area contributed by atoms with Gasteiger partial charge in [-0.15, -0.1) is 0 Å². The number of fused-ring (bicyclic) bond motifs is 1. The molecule has 3 aromatic carbocycles. The Bertz CT molecular complexity index is 1630. The zero-order chi connectivity index (χ0) is 26.8. The van der Waals surface area contributed by atoms with Gasteiger partial charge in [0.2, 0.25) is 5.88 Å². The van der Waals surface area contributed by atoms with Crippen LogP contribution in [-0.2, 0) is 24.3 Å². The number of nitrogens with zero attached hydrogens (tertiary/aromatic N) is 3. The van der Waals surface area contributed by atoms with Crippen molar-refractivity contribution < 1.29 is 22.6 Å². The molecule has 0 bridgehead atoms. The minimum atomic E-state index is -0.934. The van der Waals surface area contributed by atoms with Gasteiger partial charge in [-0.1, -0.05) is 36.4 Å². The van der Waals surface area contributed by atoms with E-state index >= 15 is 4.39 Å². The lowest BCUT2D eigenvalue weighted by molar-refractivity contribution is 0.0973. The van der Waals surface area contributed by atoms with E-state index in [-0.39, 0.29) is 18.5 Å². The molecular weight excluding hydrogens is 503 g/mol. The summed E-state index contributed by atoms with van der Waals surface area (Å²) in [5.74, 6) is -1.10. The fourth-order valence-corrected chi connectivity index (χ4v) is 4.92. The average Bonchev–Trinajstić information content (AvgIpc) is 3.59. The number of halogens is 3. The van der Waals surface area contributed by atoms with Gasteiger partial charge in [-0.2, -0.15) is 0 Å². The zero-order valence-electron chi connectivity index (χ0n) is 21.1. The molecule has 5 nitrogen and oxygen atoms in total. The number of hydrogen-bond donors (Lipinski definition) is 0. The van der Waals surface area contributed by atoms with Crippen LogP contribution in [0.5, 0.6) is 5.88 Å². The molecule has 1 unspecified atom stereocenters. The third kappa shape index (κ3) is 5.52. The van der Waals surface area contributed by atoms with Crippen LogP contribution in [0.25, 0.3) is 22.3 Å². The molecule has 0 amide bonds. The van der Waals surface area contributed by atoms with E-state index in [1.165, 1.54) is 12.1 Å². The van der Waals surface area contributed by atoms with Crippen LogP contribution in [0, 0.1) is 17.5 Å². The Morgan fingerprint density at radius 1 is 0.872 bits per heavy atom. The fraction of sp³-hybridized carbons (Fsp3) is 0.226. The highest BCUT2D eigenvalue weighted by molar-refractivity contribution is 5.76. The zero-order valence-corrected chi connectivity index (χ0v) is 21.1. The Morgan fingerprint density at radius 2 is 1.77 bits per heavy atom. The van der Waals surface area contributed by atoms with Crippen molar-refractivity contribution in [2.24, 2.45) is 0 Å². The molecule has 1 aliphatic heterocycles. The van der Waals surface area contributed by atoms with Gasteiger partial charge in [0, 0.05) is 24.7 Å². The average molecular weight is 530 g/mol. The molecule has 1 fully saturated rings. The lowest BCUT2D eigenvalue weighted by Crippen LogP contribution is -2.17. The second kappa shape index (κ2) is 10.9. The molecule has 1 atom stereocenters. The molecule has 0 radical (unpaired) electrons. The van der Waals surface area contributed by atoms with Crippen LogP contribution < -0.4 is 4.74 Å². The van der Waals surface area contributed by atoms with Crippen LogP contribution in [-0.4, -0.2) is 27.2 Å². The van der Waals surface area contributed by atoms with Crippen LogP contribution in [0.15, 0.2) is 78.9 Å². The van der Waals surface area contributed by atoms with Gasteiger partial charge >= 0.3 is 0 Å². The first-order valence-electron chi connectivity index (χ1n) is 12.9. The highest BCUT2D eigenvalue weighted by atomic mass is 19.2. The summed E-state index contributed by atoms with van der Waals surface area (Å²) in [7, 11) is 0. The van der Waals surface area contributed by atoms with Crippen molar-refractivity contribution in [3.8, 4) is 17.1 Å². The first-order valence-corrected chi connectivity index (χ1v) is 12.9. The van der Waals surface area contributed by atoms with Crippen LogP contribution in [0.1, 0.15) is 29.8 Å². The third-order valence-corrected chi connectivity index (χ3v) is 6.94. The molecule has 6 rings (SSSR count). The van der Waals surface area contributed by atoms with E-state index in [2.05, 4.69) is 9.55 Å². The minimum absolute atomic E-state index is 0.0217. The van der Waals surface area contributed by atoms with E-state index in [0.29, 0.717) is 41.2 Å². The number of pyridine rings is 1. The molecule has 2 aromatic heterocycles. The van der Waals surface area contributed by atoms with Gasteiger partial charge in [0.1, 0.15) is 18.2 Å². The number of rotatable bonds is 8. The summed E-state index contributed by atoms with van der Waals surface area (Å²) >= 11 is 0. The van der Waals surface area contributed by atoms with Gasteiger partial charge < -0.3 is 14.0 Å². The summed E-state index contributed by atoms with van der Waals surface area (Å²) in [6.07, 6.45) is 2.54. The van der Waals surface area contributed by atoms with Crippen molar-refractivity contribution in [3.63, 3.8) is 0 Å². The van der Waals surface area contributed by atoms with Gasteiger partial charge in [0.05, 0.1) is 29.4 Å². The van der Waals surface area contributed by atoms with E-state index in [4.69, 9.17) is 14.5 Å². The summed E-state index contributed by atoms with van der Waals surface area (Å²) in [5.41, 5.74) is 4.04. The lowest BCUT2D eigenvalue weighted by atomic mass is 10.1. The summed E-state index contributed by atoms with van der Waals surface area (Å²) in [6, 6.07) is 21.8. The first kappa shape index (κ1) is 25.1. The number of hydrogen-bond acceptors (Lipinski definition) is 4. The first-order chi connectivity index (χ1) is 19.0. The van der Waals surface area contributed by atoms with Crippen LogP contribution in [0.2, 0.25) is 0 Å². The Morgan fingerprint density at radius 3 is 2.59 bits per heavy atom. The summed E-state index contributed by atoms with van der Waals surface area (Å²) in [6.45, 7) is 1.48. The molecule has 198 valence electrons. The van der Waals surface area contributed by atoms with Gasteiger partial charge in [-0.3, -0.25) is 0 Å². The molecule has 0 N–H and O–H groups in total. The minimum Gasteiger partial charge on any atom is -0.473 e. The second-order valence-corrected chi connectivity index (χ2v) is 9.64. The van der Waals surface area contributed by atoms with Gasteiger partial charge in [-0.05, 0) is 60.4 Å². The maximum atomic E-state index is 15.4. The topological polar surface area (TPSA) is 49.2 Å². The molecule has 0 aliphatic carbocycles. The molecule has 0 spiro atoms. The second-order valence-electron chi connectivity index (χ2n) is 9.64. The van der Waals surface area contributed by atoms with Gasteiger partial charge in [0.25, 0.3) is 0 Å². The highest BCUT2D eigenvalue weighted by Gasteiger charge is 2.20. The Labute approximate surface area is 223 Å². The van der Waals surface area contributed by atoms with E-state index in [0.717, 1.165) is 48.4 Å². The third-order valence-electron chi connectivity index (χ3n) is 6.94. The lowest BCUT2D eigenvalue weighted by Gasteiger charge is -2.15. The summed E-state index contributed by atoms with van der Waals surface area (Å²) in [4.78, 5) is 9.27. The number of para-hydroxylation sites is 2. The Hall–Kier alpha value is -4.17. The number of aromatic nitrogens is 3. The van der Waals surface area contributed by atoms with Crippen LogP contribution in [0.4, 0.5) is 13.2 Å². The van der Waals surface area contributed by atoms with Crippen LogP contribution >= 0.6 is 0 Å². The quantitative estimate of drug-likeness (QED) is 0.220. The molecule has 39 heavy (non-hydrogen) atoms. The highest BCUT2D eigenvalue weighted by Crippen LogP contribution is 2.26. The van der Waals surface area contributed by atoms with Crippen molar-refractivity contribution in [2.45, 2.75) is 38.5 Å². The molecular formula is C31H26F3N3O2. The van der Waals surface area contributed by atoms with E-state index < -0.39 is 11.6 Å². The van der Waals surface area contributed by atoms with Crippen molar-refractivity contribution in [2.75, 3.05) is 6.61 Å². The van der Waals surface area contributed by atoms with Crippen molar-refractivity contribution >= 4 is 11.0 Å². The van der Waals surface area contributed by atoms with Crippen LogP contribution in [0.3, 0.4) is 0 Å². The molecule has 1 saturated heterocycles. The fourth-order valence-electron chi connectivity index (χ4n) is 4.92. The molecule has 3 heterocycles. The van der Waals surface area contributed by atoms with E-state index in [9.17, 15) is 8.78 Å². The molecule has 0 saturated carbocycles. The molecule has 1 aliphatic rings. The SMILES string of the molecule is Fc1ccc(COc2cccc(-c3ccc(Cc4nc5ccccc5n4CC4CCCO4)c(F)c3)n2)cc1F. The summed E-state index contributed by atoms with van der Waals surface area (Å²) in [5, 5.41) is 0. The number of ether oxygens (including phenoxy) is 2. The van der Waals surface area contributed by atoms with E-state index in [1.807, 2.05) is 30.3 Å². The van der Waals surface area contributed by atoms with E-state index in [1.54, 1.807) is 24.3 Å². The number of imidazole rings is 1. The predicted octanol–water partition coefficient (Wildman–Crippen LogP) is 6.86. The maximum Gasteiger partial charge on any atom is 0.214 e. The normalized spacial score (nSPS) is 15.2. The predicted molar refractivity (Wildman–Crippen MR) is 142 cm³/mol. The summed E-state index contributed by atoms with van der Waals surface area (Å²) < 4.78 is 55.7. The smallest absolute Gasteiger partial charge is 0.214 e. The molecule has 5 aromatic rings. The van der Waals surface area contributed by atoms with Crippen molar-refractivity contribution in [1.29, 1.82) is 0 Å². The van der Waals surface area contributed by atoms with Crippen molar-refractivity contribution in [1.82, 2.24) is 14.5 Å². The van der Waals surface area contributed by atoms with Gasteiger partial charge in [-0.25, -0.2) is 23.1 Å². The number of benzene rings is 3.